The lowest BCUT2D eigenvalue weighted by Crippen LogP contribution is -2.24. The molecule has 0 aliphatic carbocycles. The highest BCUT2D eigenvalue weighted by atomic mass is 79.9. The lowest BCUT2D eigenvalue weighted by atomic mass is 10.1. The van der Waals surface area contributed by atoms with E-state index in [1.165, 1.54) is 0 Å². The molecular weight excluding hydrogens is 394 g/mol. The number of hydrogen-bond acceptors (Lipinski definition) is 3. The molecule has 0 spiro atoms. The van der Waals surface area contributed by atoms with Crippen molar-refractivity contribution in [1.29, 1.82) is 0 Å². The number of ether oxygens (including phenoxy) is 1. The van der Waals surface area contributed by atoms with Gasteiger partial charge in [-0.25, -0.2) is 4.68 Å². The van der Waals surface area contributed by atoms with E-state index in [2.05, 4.69) is 26.3 Å². The molecule has 1 heterocycles. The van der Waals surface area contributed by atoms with Gasteiger partial charge in [-0.15, -0.1) is 0 Å². The zero-order chi connectivity index (χ0) is 18.7. The average Bonchev–Trinajstić information content (AvgIpc) is 2.95. The van der Waals surface area contributed by atoms with Crippen LogP contribution in [-0.2, 0) is 6.54 Å². The molecule has 0 unspecified atom stereocenters. The second-order valence-electron chi connectivity index (χ2n) is 5.96. The number of halogens is 1. The van der Waals surface area contributed by atoms with Crippen LogP contribution in [0.3, 0.4) is 0 Å². The molecule has 3 rings (SSSR count). The normalized spacial score (nSPS) is 10.6. The number of hydrogen-bond donors (Lipinski definition) is 1. The van der Waals surface area contributed by atoms with Crippen LogP contribution in [0.2, 0.25) is 0 Å². The minimum Gasteiger partial charge on any atom is -0.497 e. The summed E-state index contributed by atoms with van der Waals surface area (Å²) in [5.74, 6) is 0.668. The molecule has 2 aromatic carbocycles. The molecule has 0 bridgehead atoms. The molecule has 0 aliphatic heterocycles. The molecule has 1 N–H and O–H groups in total. The van der Waals surface area contributed by atoms with Gasteiger partial charge in [0.05, 0.1) is 29.7 Å². The third-order valence-corrected chi connectivity index (χ3v) is 4.73. The molecule has 26 heavy (non-hydrogen) atoms. The van der Waals surface area contributed by atoms with Crippen molar-refractivity contribution < 1.29 is 9.53 Å². The third-order valence-electron chi connectivity index (χ3n) is 4.20. The SMILES string of the molecule is COc1ccc(CNC(=O)c2c(C)nn(-c3ccc(Br)cc3)c2C)cc1. The average molecular weight is 414 g/mol. The summed E-state index contributed by atoms with van der Waals surface area (Å²) in [6.45, 7) is 4.21. The summed E-state index contributed by atoms with van der Waals surface area (Å²) >= 11 is 3.43. The largest absolute Gasteiger partial charge is 0.497 e. The van der Waals surface area contributed by atoms with E-state index >= 15 is 0 Å². The van der Waals surface area contributed by atoms with Crippen molar-refractivity contribution >= 4 is 21.8 Å². The molecular formula is C20H20BrN3O2. The van der Waals surface area contributed by atoms with Gasteiger partial charge in [-0.05, 0) is 55.8 Å². The molecule has 6 heteroatoms. The molecule has 0 saturated heterocycles. The van der Waals surface area contributed by atoms with Gasteiger partial charge in [-0.2, -0.15) is 5.10 Å². The van der Waals surface area contributed by atoms with Crippen LogP contribution in [0.4, 0.5) is 0 Å². The summed E-state index contributed by atoms with van der Waals surface area (Å²) in [6.07, 6.45) is 0. The summed E-state index contributed by atoms with van der Waals surface area (Å²) in [7, 11) is 1.63. The Hall–Kier alpha value is -2.60. The Morgan fingerprint density at radius 2 is 1.77 bits per heavy atom. The molecule has 1 amide bonds. The van der Waals surface area contributed by atoms with Gasteiger partial charge >= 0.3 is 0 Å². The second kappa shape index (κ2) is 7.74. The first-order valence-corrected chi connectivity index (χ1v) is 9.02. The van der Waals surface area contributed by atoms with Crippen LogP contribution in [0.5, 0.6) is 5.75 Å². The number of benzene rings is 2. The Labute approximate surface area is 161 Å². The zero-order valence-electron chi connectivity index (χ0n) is 14.9. The van der Waals surface area contributed by atoms with Crippen LogP contribution < -0.4 is 10.1 Å². The monoisotopic (exact) mass is 413 g/mol. The molecule has 0 atom stereocenters. The number of nitrogens with one attached hydrogen (secondary N) is 1. The van der Waals surface area contributed by atoms with Crippen molar-refractivity contribution in [2.75, 3.05) is 7.11 Å². The fraction of sp³-hybridized carbons (Fsp3) is 0.200. The molecule has 0 aliphatic rings. The molecule has 0 radical (unpaired) electrons. The predicted molar refractivity (Wildman–Crippen MR) is 105 cm³/mol. The van der Waals surface area contributed by atoms with Gasteiger partial charge in [0.2, 0.25) is 0 Å². The maximum Gasteiger partial charge on any atom is 0.255 e. The van der Waals surface area contributed by atoms with Crippen molar-refractivity contribution in [2.24, 2.45) is 0 Å². The molecule has 5 nitrogen and oxygen atoms in total. The number of aromatic nitrogens is 2. The highest BCUT2D eigenvalue weighted by Gasteiger charge is 2.19. The first-order valence-electron chi connectivity index (χ1n) is 8.23. The van der Waals surface area contributed by atoms with Crippen LogP contribution in [-0.4, -0.2) is 22.8 Å². The van der Waals surface area contributed by atoms with E-state index in [0.717, 1.165) is 27.2 Å². The maximum atomic E-state index is 12.7. The van der Waals surface area contributed by atoms with E-state index in [9.17, 15) is 4.79 Å². The molecule has 0 fully saturated rings. The Morgan fingerprint density at radius 3 is 2.38 bits per heavy atom. The van der Waals surface area contributed by atoms with Crippen molar-refractivity contribution in [3.63, 3.8) is 0 Å². The minimum atomic E-state index is -0.126. The highest BCUT2D eigenvalue weighted by Crippen LogP contribution is 2.20. The van der Waals surface area contributed by atoms with Gasteiger partial charge in [0.1, 0.15) is 5.75 Å². The fourth-order valence-corrected chi connectivity index (χ4v) is 3.08. The predicted octanol–water partition coefficient (Wildman–Crippen LogP) is 4.19. The smallest absolute Gasteiger partial charge is 0.255 e. The molecule has 134 valence electrons. The van der Waals surface area contributed by atoms with Gasteiger partial charge in [0.15, 0.2) is 0 Å². The number of amides is 1. The second-order valence-corrected chi connectivity index (χ2v) is 6.88. The topological polar surface area (TPSA) is 56.1 Å². The Kier molecular flexibility index (Phi) is 5.42. The van der Waals surface area contributed by atoms with Gasteiger partial charge < -0.3 is 10.1 Å². The van der Waals surface area contributed by atoms with Crippen LogP contribution in [0.25, 0.3) is 5.69 Å². The van der Waals surface area contributed by atoms with E-state index in [1.54, 1.807) is 11.8 Å². The van der Waals surface area contributed by atoms with Crippen molar-refractivity contribution in [1.82, 2.24) is 15.1 Å². The first-order chi connectivity index (χ1) is 12.5. The summed E-state index contributed by atoms with van der Waals surface area (Å²) in [5.41, 5.74) is 4.06. The van der Waals surface area contributed by atoms with E-state index in [-0.39, 0.29) is 5.91 Å². The molecule has 0 saturated carbocycles. The Morgan fingerprint density at radius 1 is 1.12 bits per heavy atom. The lowest BCUT2D eigenvalue weighted by molar-refractivity contribution is 0.0949. The number of nitrogens with zero attached hydrogens (tertiary/aromatic N) is 2. The fourth-order valence-electron chi connectivity index (χ4n) is 2.82. The number of rotatable bonds is 5. The van der Waals surface area contributed by atoms with Gasteiger partial charge in [0.25, 0.3) is 5.91 Å². The maximum absolute atomic E-state index is 12.7. The molecule has 1 aromatic heterocycles. The van der Waals surface area contributed by atoms with Gasteiger partial charge in [-0.3, -0.25) is 4.79 Å². The van der Waals surface area contributed by atoms with E-state index < -0.39 is 0 Å². The van der Waals surface area contributed by atoms with Crippen LogP contribution in [0.15, 0.2) is 53.0 Å². The standard InChI is InChI=1S/C20H20BrN3O2/c1-13-19(14(2)24(23-13)17-8-6-16(21)7-9-17)20(25)22-12-15-4-10-18(26-3)11-5-15/h4-11H,12H2,1-3H3,(H,22,25). The minimum absolute atomic E-state index is 0.126. The van der Waals surface area contributed by atoms with E-state index in [1.807, 2.05) is 62.4 Å². The lowest BCUT2D eigenvalue weighted by Gasteiger charge is -2.08. The zero-order valence-corrected chi connectivity index (χ0v) is 16.5. The van der Waals surface area contributed by atoms with Crippen LogP contribution in [0, 0.1) is 13.8 Å². The number of aryl methyl sites for hydroxylation is 1. The first kappa shape index (κ1) is 18.2. The van der Waals surface area contributed by atoms with Crippen molar-refractivity contribution in [3.05, 3.63) is 75.5 Å². The number of carbonyl (C=O) groups is 1. The summed E-state index contributed by atoms with van der Waals surface area (Å²) in [4.78, 5) is 12.7. The highest BCUT2D eigenvalue weighted by molar-refractivity contribution is 9.10. The Balaban J connectivity index is 1.77. The van der Waals surface area contributed by atoms with Gasteiger partial charge in [-0.1, -0.05) is 28.1 Å². The van der Waals surface area contributed by atoms with E-state index in [0.29, 0.717) is 17.8 Å². The van der Waals surface area contributed by atoms with Crippen molar-refractivity contribution in [2.45, 2.75) is 20.4 Å². The van der Waals surface area contributed by atoms with E-state index in [4.69, 9.17) is 4.74 Å². The quantitative estimate of drug-likeness (QED) is 0.681. The summed E-state index contributed by atoms with van der Waals surface area (Å²) in [5, 5.41) is 7.50. The van der Waals surface area contributed by atoms with Crippen LogP contribution in [0.1, 0.15) is 27.3 Å². The van der Waals surface area contributed by atoms with Crippen LogP contribution >= 0.6 is 15.9 Å². The van der Waals surface area contributed by atoms with Gasteiger partial charge in [0, 0.05) is 11.0 Å². The molecule has 3 aromatic rings. The van der Waals surface area contributed by atoms with Crippen molar-refractivity contribution in [3.8, 4) is 11.4 Å². The number of carbonyl (C=O) groups excluding carboxylic acids is 1. The number of methoxy groups -OCH3 is 1. The summed E-state index contributed by atoms with van der Waals surface area (Å²) in [6, 6.07) is 15.5. The Bertz CT molecular complexity index is 915. The third kappa shape index (κ3) is 3.80. The summed E-state index contributed by atoms with van der Waals surface area (Å²) < 4.78 is 7.94.